The monoisotopic (exact) mass is 389 g/mol. The second kappa shape index (κ2) is 8.94. The molecule has 0 aliphatic heterocycles. The van der Waals surface area contributed by atoms with Crippen LogP contribution in [0.4, 0.5) is 8.78 Å². The molecule has 0 aliphatic carbocycles. The topological polar surface area (TPSA) is 86.5 Å². The van der Waals surface area contributed by atoms with Crippen molar-refractivity contribution in [2.45, 2.75) is 19.6 Å². The number of carbonyl (C=O) groups excluding carboxylic acids is 1. The van der Waals surface area contributed by atoms with E-state index in [0.29, 0.717) is 5.75 Å². The van der Waals surface area contributed by atoms with Crippen molar-refractivity contribution in [2.75, 3.05) is 6.54 Å². The van der Waals surface area contributed by atoms with Crippen molar-refractivity contribution < 1.29 is 27.6 Å². The van der Waals surface area contributed by atoms with Crippen molar-refractivity contribution in [3.05, 3.63) is 71.9 Å². The Morgan fingerprint density at radius 3 is 2.75 bits per heavy atom. The molecule has 0 radical (unpaired) electrons. The molecular formula is C19H17F2N3O4. The largest absolute Gasteiger partial charge is 0.487 e. The molecule has 146 valence electrons. The third-order valence-corrected chi connectivity index (χ3v) is 3.59. The summed E-state index contributed by atoms with van der Waals surface area (Å²) in [6.45, 7) is 1.74. The molecule has 2 aromatic heterocycles. The average Bonchev–Trinajstić information content (AvgIpc) is 3.16. The molecule has 3 rings (SSSR count). The predicted molar refractivity (Wildman–Crippen MR) is 93.9 cm³/mol. The number of carbonyl (C=O) groups is 1. The average molecular weight is 389 g/mol. The van der Waals surface area contributed by atoms with Gasteiger partial charge in [-0.3, -0.25) is 9.78 Å². The molecule has 1 amide bonds. The molecule has 0 unspecified atom stereocenters. The van der Waals surface area contributed by atoms with E-state index in [-0.39, 0.29) is 30.7 Å². The molecule has 0 saturated heterocycles. The SMILES string of the molecule is C[C@H](CNC(=O)c1cc(COc2c(F)cccc2F)on1)Oc1cccnc1. The second-order valence-corrected chi connectivity index (χ2v) is 5.85. The summed E-state index contributed by atoms with van der Waals surface area (Å²) in [6, 6.07) is 8.22. The summed E-state index contributed by atoms with van der Waals surface area (Å²) >= 11 is 0. The van der Waals surface area contributed by atoms with Crippen LogP contribution in [0.1, 0.15) is 23.2 Å². The standard InChI is InChI=1S/C19H17F2N3O4/c1-12(27-13-4-3-7-22-10-13)9-23-19(25)17-8-14(28-24-17)11-26-18-15(20)5-2-6-16(18)21/h2-8,10,12H,9,11H2,1H3,(H,23,25)/t12-/m1/s1. The molecule has 3 aromatic rings. The predicted octanol–water partition coefficient (Wildman–Crippen LogP) is 3.12. The zero-order valence-corrected chi connectivity index (χ0v) is 14.9. The Labute approximate surface area is 159 Å². The highest BCUT2D eigenvalue weighted by molar-refractivity contribution is 5.92. The van der Waals surface area contributed by atoms with Gasteiger partial charge in [-0.25, -0.2) is 8.78 Å². The number of aromatic nitrogens is 2. The summed E-state index contributed by atoms with van der Waals surface area (Å²) in [5.74, 6) is -1.93. The van der Waals surface area contributed by atoms with Crippen molar-refractivity contribution in [1.29, 1.82) is 0 Å². The maximum Gasteiger partial charge on any atom is 0.273 e. The number of benzene rings is 1. The van der Waals surface area contributed by atoms with E-state index in [2.05, 4.69) is 15.5 Å². The van der Waals surface area contributed by atoms with Gasteiger partial charge >= 0.3 is 0 Å². The second-order valence-electron chi connectivity index (χ2n) is 5.85. The molecule has 0 bridgehead atoms. The smallest absolute Gasteiger partial charge is 0.273 e. The molecule has 1 N–H and O–H groups in total. The summed E-state index contributed by atoms with van der Waals surface area (Å²) < 4.78 is 42.7. The van der Waals surface area contributed by atoms with Crippen molar-refractivity contribution >= 4 is 5.91 Å². The van der Waals surface area contributed by atoms with Gasteiger partial charge in [-0.05, 0) is 31.2 Å². The van der Waals surface area contributed by atoms with Gasteiger partial charge in [0.1, 0.15) is 18.5 Å². The van der Waals surface area contributed by atoms with Crippen LogP contribution in [0.5, 0.6) is 11.5 Å². The Morgan fingerprint density at radius 1 is 1.25 bits per heavy atom. The fourth-order valence-electron chi connectivity index (χ4n) is 2.27. The molecular weight excluding hydrogens is 372 g/mol. The van der Waals surface area contributed by atoms with Crippen LogP contribution < -0.4 is 14.8 Å². The van der Waals surface area contributed by atoms with Crippen molar-refractivity contribution in [1.82, 2.24) is 15.5 Å². The summed E-state index contributed by atoms with van der Waals surface area (Å²) in [7, 11) is 0. The molecule has 2 heterocycles. The Morgan fingerprint density at radius 2 is 2.04 bits per heavy atom. The quantitative estimate of drug-likeness (QED) is 0.637. The highest BCUT2D eigenvalue weighted by atomic mass is 19.1. The first-order valence-corrected chi connectivity index (χ1v) is 8.40. The van der Waals surface area contributed by atoms with Crippen LogP contribution in [0.25, 0.3) is 0 Å². The van der Waals surface area contributed by atoms with Crippen LogP contribution >= 0.6 is 0 Å². The Hall–Kier alpha value is -3.49. The van der Waals surface area contributed by atoms with E-state index < -0.39 is 23.3 Å². The normalized spacial score (nSPS) is 11.7. The first kappa shape index (κ1) is 19.3. The zero-order valence-electron chi connectivity index (χ0n) is 14.9. The van der Waals surface area contributed by atoms with Gasteiger partial charge in [-0.2, -0.15) is 0 Å². The van der Waals surface area contributed by atoms with Gasteiger partial charge in [0.2, 0.25) is 0 Å². The lowest BCUT2D eigenvalue weighted by Gasteiger charge is -2.14. The lowest BCUT2D eigenvalue weighted by molar-refractivity contribution is 0.0922. The lowest BCUT2D eigenvalue weighted by Crippen LogP contribution is -2.33. The minimum absolute atomic E-state index is 0.0150. The fourth-order valence-corrected chi connectivity index (χ4v) is 2.27. The highest BCUT2D eigenvalue weighted by Crippen LogP contribution is 2.22. The Bertz CT molecular complexity index is 914. The van der Waals surface area contributed by atoms with Crippen molar-refractivity contribution in [3.8, 4) is 11.5 Å². The number of rotatable bonds is 8. The highest BCUT2D eigenvalue weighted by Gasteiger charge is 2.16. The molecule has 0 aliphatic rings. The van der Waals surface area contributed by atoms with E-state index in [1.54, 1.807) is 31.5 Å². The number of halogens is 2. The van der Waals surface area contributed by atoms with Gasteiger partial charge in [0.25, 0.3) is 5.91 Å². The number of para-hydroxylation sites is 1. The Balaban J connectivity index is 1.49. The number of hydrogen-bond donors (Lipinski definition) is 1. The summed E-state index contributed by atoms with van der Waals surface area (Å²) in [5, 5.41) is 6.29. The first-order chi connectivity index (χ1) is 13.5. The third kappa shape index (κ3) is 5.03. The van der Waals surface area contributed by atoms with Crippen LogP contribution in [0.3, 0.4) is 0 Å². The van der Waals surface area contributed by atoms with Crippen molar-refractivity contribution in [3.63, 3.8) is 0 Å². The number of amides is 1. The molecule has 1 aromatic carbocycles. The number of nitrogens with one attached hydrogen (secondary N) is 1. The molecule has 0 fully saturated rings. The molecule has 1 atom stereocenters. The molecule has 28 heavy (non-hydrogen) atoms. The summed E-state index contributed by atoms with van der Waals surface area (Å²) in [4.78, 5) is 16.1. The molecule has 9 heteroatoms. The van der Waals surface area contributed by atoms with E-state index >= 15 is 0 Å². The maximum atomic E-state index is 13.5. The lowest BCUT2D eigenvalue weighted by atomic mass is 10.3. The molecule has 0 spiro atoms. The number of pyridine rings is 1. The van der Waals surface area contributed by atoms with E-state index in [4.69, 9.17) is 14.0 Å². The van der Waals surface area contributed by atoms with Crippen LogP contribution in [-0.4, -0.2) is 28.7 Å². The maximum absolute atomic E-state index is 13.5. The van der Waals surface area contributed by atoms with Crippen LogP contribution in [0, 0.1) is 11.6 Å². The number of nitrogens with zero attached hydrogens (tertiary/aromatic N) is 2. The van der Waals surface area contributed by atoms with E-state index in [1.807, 2.05) is 0 Å². The van der Waals surface area contributed by atoms with Gasteiger partial charge in [0.15, 0.2) is 28.8 Å². The number of hydrogen-bond acceptors (Lipinski definition) is 6. The van der Waals surface area contributed by atoms with Gasteiger partial charge in [0, 0.05) is 12.3 Å². The van der Waals surface area contributed by atoms with Gasteiger partial charge < -0.3 is 19.3 Å². The minimum atomic E-state index is -0.833. The summed E-state index contributed by atoms with van der Waals surface area (Å²) in [6.07, 6.45) is 2.90. The van der Waals surface area contributed by atoms with Crippen LogP contribution in [0.15, 0.2) is 53.3 Å². The summed E-state index contributed by atoms with van der Waals surface area (Å²) in [5.41, 5.74) is 0.0150. The fraction of sp³-hybridized carbons (Fsp3) is 0.211. The number of ether oxygens (including phenoxy) is 2. The van der Waals surface area contributed by atoms with Gasteiger partial charge in [-0.1, -0.05) is 11.2 Å². The van der Waals surface area contributed by atoms with E-state index in [9.17, 15) is 13.6 Å². The first-order valence-electron chi connectivity index (χ1n) is 8.40. The van der Waals surface area contributed by atoms with Crippen molar-refractivity contribution in [2.24, 2.45) is 0 Å². The van der Waals surface area contributed by atoms with E-state index in [1.165, 1.54) is 12.1 Å². The van der Waals surface area contributed by atoms with Crippen LogP contribution in [0.2, 0.25) is 0 Å². The van der Waals surface area contributed by atoms with Gasteiger partial charge in [0.05, 0.1) is 12.7 Å². The Kier molecular flexibility index (Phi) is 6.15. The zero-order chi connectivity index (χ0) is 19.9. The molecule has 7 nitrogen and oxygen atoms in total. The molecule has 0 saturated carbocycles. The minimum Gasteiger partial charge on any atom is -0.487 e. The van der Waals surface area contributed by atoms with E-state index in [0.717, 1.165) is 12.1 Å². The van der Waals surface area contributed by atoms with Crippen LogP contribution in [-0.2, 0) is 6.61 Å². The van der Waals surface area contributed by atoms with Gasteiger partial charge in [-0.15, -0.1) is 0 Å². The third-order valence-electron chi connectivity index (χ3n) is 3.59.